The van der Waals surface area contributed by atoms with E-state index in [4.69, 9.17) is 10.00 Å². The average Bonchev–Trinajstić information content (AvgIpc) is 2.09. The quantitative estimate of drug-likeness (QED) is 0.670. The fraction of sp³-hybridized carbons (Fsp3) is 0.222. The molecular weight excluding hydrogens is 157 g/mol. The topological polar surface area (TPSA) is 33.0 Å². The third kappa shape index (κ3) is 1.73. The molecule has 0 aromatic heterocycles. The number of ether oxygens (including phenoxy) is 1. The van der Waals surface area contributed by atoms with Gasteiger partial charge in [0.2, 0.25) is 0 Å². The van der Waals surface area contributed by atoms with E-state index in [1.807, 2.05) is 6.07 Å². The Labute approximate surface area is 70.2 Å². The molecule has 0 saturated heterocycles. The molecule has 0 aliphatic carbocycles. The van der Waals surface area contributed by atoms with Crippen molar-refractivity contribution in [1.29, 1.82) is 5.26 Å². The summed E-state index contributed by atoms with van der Waals surface area (Å²) in [6.45, 7) is 0. The second-order valence-electron chi connectivity index (χ2n) is 2.29. The summed E-state index contributed by atoms with van der Waals surface area (Å²) in [4.78, 5) is 0. The van der Waals surface area contributed by atoms with Crippen molar-refractivity contribution >= 4 is 0 Å². The minimum absolute atomic E-state index is 0.0725. The zero-order chi connectivity index (χ0) is 8.97. The fourth-order valence-electron chi connectivity index (χ4n) is 0.899. The molecule has 0 bridgehead atoms. The third-order valence-corrected chi connectivity index (χ3v) is 1.52. The first-order valence-corrected chi connectivity index (χ1v) is 3.47. The Balaban J connectivity index is 3.01. The Morgan fingerprint density at radius 1 is 1.58 bits per heavy atom. The van der Waals surface area contributed by atoms with Gasteiger partial charge in [-0.15, -0.1) is 0 Å². The first-order valence-electron chi connectivity index (χ1n) is 3.47. The zero-order valence-electron chi connectivity index (χ0n) is 6.67. The second kappa shape index (κ2) is 3.72. The number of benzene rings is 1. The monoisotopic (exact) mass is 165 g/mol. The van der Waals surface area contributed by atoms with Gasteiger partial charge in [0.15, 0.2) is 0 Å². The molecule has 12 heavy (non-hydrogen) atoms. The largest absolute Gasteiger partial charge is 0.497 e. The van der Waals surface area contributed by atoms with Crippen LogP contribution in [0.3, 0.4) is 0 Å². The molecule has 0 unspecified atom stereocenters. The van der Waals surface area contributed by atoms with Crippen LogP contribution in [0, 0.1) is 17.1 Å². The molecule has 1 aromatic carbocycles. The van der Waals surface area contributed by atoms with E-state index in [2.05, 4.69) is 0 Å². The van der Waals surface area contributed by atoms with Gasteiger partial charge in [-0.05, 0) is 18.2 Å². The van der Waals surface area contributed by atoms with Crippen molar-refractivity contribution in [2.45, 2.75) is 6.42 Å². The van der Waals surface area contributed by atoms with Crippen LogP contribution < -0.4 is 4.74 Å². The van der Waals surface area contributed by atoms with Gasteiger partial charge < -0.3 is 4.74 Å². The van der Waals surface area contributed by atoms with Crippen LogP contribution >= 0.6 is 0 Å². The van der Waals surface area contributed by atoms with E-state index in [1.165, 1.54) is 25.3 Å². The standard InChI is InChI=1S/C9H8FNO/c1-12-8-2-3-9(10)7(6-8)4-5-11/h2-3,6H,4H2,1H3. The minimum Gasteiger partial charge on any atom is -0.497 e. The van der Waals surface area contributed by atoms with Crippen LogP contribution in [0.4, 0.5) is 4.39 Å². The van der Waals surface area contributed by atoms with Crippen molar-refractivity contribution in [3.63, 3.8) is 0 Å². The number of hydrogen-bond acceptors (Lipinski definition) is 2. The second-order valence-corrected chi connectivity index (χ2v) is 2.29. The van der Waals surface area contributed by atoms with Gasteiger partial charge in [-0.3, -0.25) is 0 Å². The van der Waals surface area contributed by atoms with Crippen LogP contribution in [0.15, 0.2) is 18.2 Å². The van der Waals surface area contributed by atoms with Crippen molar-refractivity contribution in [2.75, 3.05) is 7.11 Å². The van der Waals surface area contributed by atoms with Gasteiger partial charge >= 0.3 is 0 Å². The zero-order valence-corrected chi connectivity index (χ0v) is 6.67. The van der Waals surface area contributed by atoms with Gasteiger partial charge in [-0.2, -0.15) is 5.26 Å². The highest BCUT2D eigenvalue weighted by molar-refractivity contribution is 5.31. The van der Waals surface area contributed by atoms with Crippen molar-refractivity contribution in [3.8, 4) is 11.8 Å². The number of nitriles is 1. The van der Waals surface area contributed by atoms with Crippen molar-refractivity contribution < 1.29 is 9.13 Å². The Hall–Kier alpha value is -1.56. The lowest BCUT2D eigenvalue weighted by atomic mass is 10.1. The van der Waals surface area contributed by atoms with E-state index in [-0.39, 0.29) is 12.2 Å². The van der Waals surface area contributed by atoms with E-state index in [1.54, 1.807) is 0 Å². The smallest absolute Gasteiger partial charge is 0.127 e. The van der Waals surface area contributed by atoms with E-state index >= 15 is 0 Å². The molecule has 1 aromatic rings. The number of hydrogen-bond donors (Lipinski definition) is 0. The van der Waals surface area contributed by atoms with Gasteiger partial charge in [0.1, 0.15) is 11.6 Å². The first kappa shape index (κ1) is 8.54. The normalized spacial score (nSPS) is 9.08. The predicted octanol–water partition coefficient (Wildman–Crippen LogP) is 1.90. The molecule has 62 valence electrons. The molecule has 0 atom stereocenters. The van der Waals surface area contributed by atoms with Gasteiger partial charge in [-0.25, -0.2) is 4.39 Å². The Morgan fingerprint density at radius 2 is 2.33 bits per heavy atom. The van der Waals surface area contributed by atoms with Crippen LogP contribution in [0.5, 0.6) is 5.75 Å². The Kier molecular flexibility index (Phi) is 2.65. The molecular formula is C9H8FNO. The maximum Gasteiger partial charge on any atom is 0.127 e. The summed E-state index contributed by atoms with van der Waals surface area (Å²) >= 11 is 0. The van der Waals surface area contributed by atoms with E-state index in [0.29, 0.717) is 11.3 Å². The van der Waals surface area contributed by atoms with Crippen molar-refractivity contribution in [3.05, 3.63) is 29.6 Å². The number of rotatable bonds is 2. The SMILES string of the molecule is COc1ccc(F)c(CC#N)c1. The van der Waals surface area contributed by atoms with Gasteiger partial charge in [-0.1, -0.05) is 0 Å². The summed E-state index contributed by atoms with van der Waals surface area (Å²) in [5.41, 5.74) is 0.372. The third-order valence-electron chi connectivity index (χ3n) is 1.52. The van der Waals surface area contributed by atoms with Gasteiger partial charge in [0, 0.05) is 5.56 Å². The highest BCUT2D eigenvalue weighted by Crippen LogP contribution is 2.16. The van der Waals surface area contributed by atoms with Crippen LogP contribution in [-0.4, -0.2) is 7.11 Å². The fourth-order valence-corrected chi connectivity index (χ4v) is 0.899. The molecule has 0 aliphatic rings. The molecule has 2 nitrogen and oxygen atoms in total. The maximum absolute atomic E-state index is 12.9. The highest BCUT2D eigenvalue weighted by Gasteiger charge is 2.02. The predicted molar refractivity (Wildman–Crippen MR) is 42.3 cm³/mol. The summed E-state index contributed by atoms with van der Waals surface area (Å²) in [6.07, 6.45) is 0.0725. The van der Waals surface area contributed by atoms with E-state index < -0.39 is 0 Å². The van der Waals surface area contributed by atoms with E-state index in [0.717, 1.165) is 0 Å². The Bertz CT molecular complexity index is 317. The van der Waals surface area contributed by atoms with Crippen LogP contribution in [0.1, 0.15) is 5.56 Å². The van der Waals surface area contributed by atoms with Crippen molar-refractivity contribution in [2.24, 2.45) is 0 Å². The summed E-state index contributed by atoms with van der Waals surface area (Å²) in [7, 11) is 1.50. The molecule has 3 heteroatoms. The van der Waals surface area contributed by atoms with E-state index in [9.17, 15) is 4.39 Å². The lowest BCUT2D eigenvalue weighted by Gasteiger charge is -2.01. The molecule has 0 radical (unpaired) electrons. The van der Waals surface area contributed by atoms with Crippen molar-refractivity contribution in [1.82, 2.24) is 0 Å². The lowest BCUT2D eigenvalue weighted by Crippen LogP contribution is -1.90. The number of nitrogens with zero attached hydrogens (tertiary/aromatic N) is 1. The molecule has 0 N–H and O–H groups in total. The van der Waals surface area contributed by atoms with Crippen LogP contribution in [0.2, 0.25) is 0 Å². The van der Waals surface area contributed by atoms with Gasteiger partial charge in [0.05, 0.1) is 19.6 Å². The molecule has 0 heterocycles. The summed E-state index contributed by atoms with van der Waals surface area (Å²) in [5, 5.41) is 8.35. The number of halogens is 1. The average molecular weight is 165 g/mol. The highest BCUT2D eigenvalue weighted by atomic mass is 19.1. The molecule has 0 aliphatic heterocycles. The first-order chi connectivity index (χ1) is 5.77. The molecule has 0 fully saturated rings. The Morgan fingerprint density at radius 3 is 2.92 bits per heavy atom. The summed E-state index contributed by atoms with van der Waals surface area (Å²) < 4.78 is 17.8. The van der Waals surface area contributed by atoms with Gasteiger partial charge in [0.25, 0.3) is 0 Å². The minimum atomic E-state index is -0.364. The van der Waals surface area contributed by atoms with Crippen LogP contribution in [-0.2, 0) is 6.42 Å². The summed E-state index contributed by atoms with van der Waals surface area (Å²) in [6, 6.07) is 6.23. The summed E-state index contributed by atoms with van der Waals surface area (Å²) in [5.74, 6) is 0.207. The molecule has 0 saturated carbocycles. The van der Waals surface area contributed by atoms with Crippen LogP contribution in [0.25, 0.3) is 0 Å². The molecule has 1 rings (SSSR count). The lowest BCUT2D eigenvalue weighted by molar-refractivity contribution is 0.413. The maximum atomic E-state index is 12.9. The molecule has 0 amide bonds. The number of methoxy groups -OCH3 is 1. The molecule has 0 spiro atoms.